The normalized spacial score (nSPS) is 16.0. The average molecular weight is 515 g/mol. The van der Waals surface area contributed by atoms with Crippen molar-refractivity contribution >= 4 is 44.6 Å². The second-order valence-electron chi connectivity index (χ2n) is 8.60. The summed E-state index contributed by atoms with van der Waals surface area (Å²) >= 11 is 11.1. The first-order valence-corrected chi connectivity index (χ1v) is 12.9. The lowest BCUT2D eigenvalue weighted by atomic mass is 9.93. The van der Waals surface area contributed by atoms with E-state index in [0.717, 1.165) is 16.7 Å². The summed E-state index contributed by atoms with van der Waals surface area (Å²) in [7, 11) is -2.87. The van der Waals surface area contributed by atoms with Crippen molar-refractivity contribution in [3.05, 3.63) is 60.3 Å². The predicted octanol–water partition coefficient (Wildman–Crippen LogP) is 5.46. The van der Waals surface area contributed by atoms with Gasteiger partial charge in [0.15, 0.2) is 10.6 Å². The maximum Gasteiger partial charge on any atom is 0.169 e. The van der Waals surface area contributed by atoms with Gasteiger partial charge in [-0.05, 0) is 43.8 Å². The summed E-state index contributed by atoms with van der Waals surface area (Å²) in [5.41, 5.74) is 1.93. The average Bonchev–Trinajstić information content (AvgIpc) is 2.74. The highest BCUT2D eigenvalue weighted by molar-refractivity contribution is 7.98. The number of nitrogens with two attached hydrogens (primary N) is 1. The van der Waals surface area contributed by atoms with E-state index in [9.17, 15) is 13.4 Å². The number of benzene rings is 1. The van der Waals surface area contributed by atoms with Crippen LogP contribution < -0.4 is 5.14 Å². The first kappa shape index (κ1) is 27.5. The van der Waals surface area contributed by atoms with E-state index in [1.165, 1.54) is 0 Å². The molecule has 2 rings (SSSR count). The maximum absolute atomic E-state index is 14.0. The number of ether oxygens (including phenoxy) is 1. The Hall–Kier alpha value is -1.77. The fourth-order valence-electron chi connectivity index (χ4n) is 3.09. The number of Topliss-reactive ketones (excluding diaryl/α,β-unsaturated/α-hetero) is 1. The molecule has 1 aromatic heterocycles. The van der Waals surface area contributed by atoms with E-state index in [2.05, 4.69) is 10.9 Å². The number of allylic oxidation sites excluding steroid dienone is 1. The SMILES string of the molecule is C=S(N)(=O)c1ccc(-c2ccc(C(OC(C)(C)C)C(/C=C/CC(=O)C(Cl)Cl)CF)cc2)cn1. The molecular weight excluding hydrogens is 486 g/mol. The Labute approximate surface area is 205 Å². The molecule has 0 aliphatic heterocycles. The monoisotopic (exact) mass is 514 g/mol. The highest BCUT2D eigenvalue weighted by atomic mass is 35.5. The molecule has 180 valence electrons. The van der Waals surface area contributed by atoms with Crippen LogP contribution in [0.3, 0.4) is 0 Å². The molecule has 0 aliphatic rings. The molecule has 3 unspecified atom stereocenters. The molecular formula is C24H29Cl2FN2O3S. The summed E-state index contributed by atoms with van der Waals surface area (Å²) < 4.78 is 32.0. The van der Waals surface area contributed by atoms with Crippen LogP contribution in [0.1, 0.15) is 38.9 Å². The fourth-order valence-corrected chi connectivity index (χ4v) is 3.79. The molecule has 0 amide bonds. The highest BCUT2D eigenvalue weighted by Gasteiger charge is 2.27. The van der Waals surface area contributed by atoms with Gasteiger partial charge < -0.3 is 4.74 Å². The van der Waals surface area contributed by atoms with Crippen molar-refractivity contribution in [2.75, 3.05) is 6.67 Å². The van der Waals surface area contributed by atoms with Crippen LogP contribution in [0.25, 0.3) is 11.1 Å². The molecule has 0 fully saturated rings. The van der Waals surface area contributed by atoms with Crippen LogP contribution >= 0.6 is 23.2 Å². The van der Waals surface area contributed by atoms with Crippen LogP contribution in [0.2, 0.25) is 0 Å². The number of hydrogen-bond donors (Lipinski definition) is 1. The van der Waals surface area contributed by atoms with Crippen molar-refractivity contribution in [2.24, 2.45) is 11.1 Å². The number of halogens is 3. The zero-order valence-electron chi connectivity index (χ0n) is 18.8. The first-order valence-electron chi connectivity index (χ1n) is 10.2. The van der Waals surface area contributed by atoms with E-state index in [0.29, 0.717) is 0 Å². The Bertz CT molecular complexity index is 1060. The van der Waals surface area contributed by atoms with Gasteiger partial charge in [0, 0.05) is 24.1 Å². The Morgan fingerprint density at radius 2 is 1.82 bits per heavy atom. The molecule has 5 nitrogen and oxygen atoms in total. The first-order chi connectivity index (χ1) is 15.3. The topological polar surface area (TPSA) is 82.3 Å². The number of pyridine rings is 1. The third-order valence-electron chi connectivity index (χ3n) is 4.66. The third-order valence-corrected chi connectivity index (χ3v) is 6.09. The summed E-state index contributed by atoms with van der Waals surface area (Å²) in [6.07, 6.45) is 4.22. The van der Waals surface area contributed by atoms with Crippen LogP contribution in [-0.2, 0) is 19.2 Å². The van der Waals surface area contributed by atoms with E-state index in [1.807, 2.05) is 45.0 Å². The minimum Gasteiger partial charge on any atom is -0.367 e. The molecule has 0 spiro atoms. The van der Waals surface area contributed by atoms with Crippen molar-refractivity contribution in [3.8, 4) is 11.1 Å². The quantitative estimate of drug-likeness (QED) is 0.259. The van der Waals surface area contributed by atoms with E-state index >= 15 is 0 Å². The standard InChI is InChI=1S/C24H29Cl2FN2O3S/c1-24(2,3)32-22(18(14-27)6-5-7-20(30)23(25)26)17-10-8-16(9-11-17)19-12-13-21(29-15-19)33(4,28)31/h5-6,8-13,15,18,22-23H,4,7,14H2,1-3H3,(H2,28,31)/b6-5+. The second kappa shape index (κ2) is 11.6. The number of carbonyl (C=O) groups is 1. The number of ketones is 1. The smallest absolute Gasteiger partial charge is 0.169 e. The summed E-state index contributed by atoms with van der Waals surface area (Å²) in [6, 6.07) is 10.8. The molecule has 0 aliphatic carbocycles. The summed E-state index contributed by atoms with van der Waals surface area (Å²) in [5, 5.41) is 5.76. The Kier molecular flexibility index (Phi) is 9.64. The minimum absolute atomic E-state index is 0.0147. The van der Waals surface area contributed by atoms with Gasteiger partial charge in [-0.2, -0.15) is 0 Å². The number of rotatable bonds is 10. The number of nitrogens with zero attached hydrogens (tertiary/aromatic N) is 1. The lowest BCUT2D eigenvalue weighted by Gasteiger charge is -2.31. The van der Waals surface area contributed by atoms with Gasteiger partial charge in [-0.3, -0.25) is 14.3 Å². The number of carbonyl (C=O) groups excluding carboxylic acids is 1. The van der Waals surface area contributed by atoms with Crippen molar-refractivity contribution < 1.29 is 18.1 Å². The zero-order valence-corrected chi connectivity index (χ0v) is 21.2. The van der Waals surface area contributed by atoms with Gasteiger partial charge in [0.05, 0.1) is 28.1 Å². The lowest BCUT2D eigenvalue weighted by Crippen LogP contribution is -2.27. The molecule has 0 saturated carbocycles. The van der Waals surface area contributed by atoms with E-state index < -0.39 is 38.8 Å². The Balaban J connectivity index is 2.30. The number of alkyl halides is 3. The van der Waals surface area contributed by atoms with Crippen LogP contribution in [0.15, 0.2) is 59.8 Å². The fraction of sp³-hybridized carbons (Fsp3) is 0.375. The van der Waals surface area contributed by atoms with Gasteiger partial charge in [-0.25, -0.2) is 9.19 Å². The summed E-state index contributed by atoms with van der Waals surface area (Å²) in [6.45, 7) is 5.02. The molecule has 0 radical (unpaired) electrons. The van der Waals surface area contributed by atoms with Crippen molar-refractivity contribution in [3.63, 3.8) is 0 Å². The van der Waals surface area contributed by atoms with Crippen LogP contribution in [0, 0.1) is 5.92 Å². The number of aromatic nitrogens is 1. The second-order valence-corrected chi connectivity index (χ2v) is 11.6. The third kappa shape index (κ3) is 8.50. The van der Waals surface area contributed by atoms with E-state index in [-0.39, 0.29) is 17.2 Å². The van der Waals surface area contributed by atoms with Gasteiger partial charge in [0.2, 0.25) is 0 Å². The van der Waals surface area contributed by atoms with E-state index in [4.69, 9.17) is 33.1 Å². The Morgan fingerprint density at radius 3 is 2.27 bits per heavy atom. The molecule has 0 saturated heterocycles. The van der Waals surface area contributed by atoms with Crippen molar-refractivity contribution in [2.45, 2.75) is 48.8 Å². The zero-order chi connectivity index (χ0) is 24.8. The molecule has 1 aromatic carbocycles. The molecule has 33 heavy (non-hydrogen) atoms. The number of hydrogen-bond acceptors (Lipinski definition) is 4. The molecule has 2 N–H and O–H groups in total. The highest BCUT2D eigenvalue weighted by Crippen LogP contribution is 2.33. The van der Waals surface area contributed by atoms with Gasteiger partial charge in [0.1, 0.15) is 5.03 Å². The van der Waals surface area contributed by atoms with Crippen LogP contribution in [0.4, 0.5) is 4.39 Å². The van der Waals surface area contributed by atoms with Gasteiger partial charge in [0.25, 0.3) is 0 Å². The Morgan fingerprint density at radius 1 is 1.21 bits per heavy atom. The van der Waals surface area contributed by atoms with Crippen molar-refractivity contribution in [1.82, 2.24) is 4.98 Å². The van der Waals surface area contributed by atoms with Gasteiger partial charge >= 0.3 is 0 Å². The van der Waals surface area contributed by atoms with Crippen LogP contribution in [0.5, 0.6) is 0 Å². The predicted molar refractivity (Wildman–Crippen MR) is 135 cm³/mol. The molecule has 3 atom stereocenters. The lowest BCUT2D eigenvalue weighted by molar-refractivity contribution is -0.116. The molecule has 0 bridgehead atoms. The van der Waals surface area contributed by atoms with Crippen molar-refractivity contribution in [1.29, 1.82) is 0 Å². The van der Waals surface area contributed by atoms with Gasteiger partial charge in [-0.1, -0.05) is 65.7 Å². The molecule has 9 heteroatoms. The summed E-state index contributed by atoms with van der Waals surface area (Å²) in [4.78, 5) is 14.7. The van der Waals surface area contributed by atoms with Gasteiger partial charge in [-0.15, -0.1) is 0 Å². The minimum atomic E-state index is -2.87. The van der Waals surface area contributed by atoms with E-state index in [1.54, 1.807) is 30.5 Å². The maximum atomic E-state index is 14.0. The largest absolute Gasteiger partial charge is 0.367 e. The molecule has 2 aromatic rings. The van der Waals surface area contributed by atoms with Crippen LogP contribution in [-0.4, -0.2) is 38.0 Å². The molecule has 1 heterocycles. The summed E-state index contributed by atoms with van der Waals surface area (Å²) in [5.74, 6) is 2.47.